The lowest BCUT2D eigenvalue weighted by Crippen LogP contribution is -2.29. The van der Waals surface area contributed by atoms with Crippen LogP contribution in [0.5, 0.6) is 5.75 Å². The van der Waals surface area contributed by atoms with Crippen LogP contribution in [0.2, 0.25) is 0 Å². The first-order chi connectivity index (χ1) is 9.24. The minimum Gasteiger partial charge on any atom is -0.427 e. The number of hydrogen-bond donors (Lipinski definition) is 1. The molecular weight excluding hydrogens is 258 g/mol. The van der Waals surface area contributed by atoms with E-state index in [1.165, 1.54) is 22.9 Å². The van der Waals surface area contributed by atoms with E-state index in [1.54, 1.807) is 0 Å². The first kappa shape index (κ1) is 12.4. The topological polar surface area (TPSA) is 38.3 Å². The van der Waals surface area contributed by atoms with Gasteiger partial charge in [0, 0.05) is 18.3 Å². The van der Waals surface area contributed by atoms with Gasteiger partial charge in [-0.3, -0.25) is 4.79 Å². The molecule has 2 aromatic rings. The van der Waals surface area contributed by atoms with E-state index in [2.05, 4.69) is 16.8 Å². The van der Waals surface area contributed by atoms with Crippen LogP contribution < -0.4 is 10.1 Å². The van der Waals surface area contributed by atoms with E-state index in [9.17, 15) is 4.79 Å². The molecule has 98 valence electrons. The molecule has 1 aromatic carbocycles. The van der Waals surface area contributed by atoms with Gasteiger partial charge in [0.25, 0.3) is 0 Å². The highest BCUT2D eigenvalue weighted by atomic mass is 32.1. The predicted octanol–water partition coefficient (Wildman–Crippen LogP) is 2.91. The van der Waals surface area contributed by atoms with Crippen LogP contribution in [0.1, 0.15) is 29.0 Å². The number of thiophene rings is 1. The number of rotatable bonds is 2. The number of fused-ring (bicyclic) bond motifs is 1. The fraction of sp³-hybridized carbons (Fsp3) is 0.267. The highest BCUT2D eigenvalue weighted by Gasteiger charge is 2.21. The molecule has 1 N–H and O–H groups in total. The summed E-state index contributed by atoms with van der Waals surface area (Å²) >= 11 is 1.83. The SMILES string of the molecule is CC(=O)Oc1ccc(C2NCCc3sccc32)cc1. The largest absolute Gasteiger partial charge is 0.427 e. The molecule has 1 aromatic heterocycles. The molecule has 19 heavy (non-hydrogen) atoms. The maximum Gasteiger partial charge on any atom is 0.308 e. The first-order valence-corrected chi connectivity index (χ1v) is 7.20. The Hall–Kier alpha value is -1.65. The molecule has 0 saturated heterocycles. The molecule has 0 saturated carbocycles. The highest BCUT2D eigenvalue weighted by molar-refractivity contribution is 7.10. The van der Waals surface area contributed by atoms with Gasteiger partial charge in [-0.25, -0.2) is 0 Å². The van der Waals surface area contributed by atoms with Gasteiger partial charge in [0.15, 0.2) is 0 Å². The molecule has 0 radical (unpaired) electrons. The Morgan fingerprint density at radius 2 is 2.11 bits per heavy atom. The van der Waals surface area contributed by atoms with Crippen molar-refractivity contribution in [3.8, 4) is 5.75 Å². The van der Waals surface area contributed by atoms with Crippen LogP contribution in [0, 0.1) is 0 Å². The monoisotopic (exact) mass is 273 g/mol. The van der Waals surface area contributed by atoms with Crippen molar-refractivity contribution in [2.45, 2.75) is 19.4 Å². The number of benzene rings is 1. The standard InChI is InChI=1S/C15H15NO2S/c1-10(17)18-12-4-2-11(3-5-12)15-13-7-9-19-14(13)6-8-16-15/h2-5,7,9,15-16H,6,8H2,1H3. The zero-order valence-electron chi connectivity index (χ0n) is 10.7. The number of esters is 1. The average Bonchev–Trinajstić information content (AvgIpc) is 2.87. The first-order valence-electron chi connectivity index (χ1n) is 6.32. The van der Waals surface area contributed by atoms with Crippen LogP contribution in [0.4, 0.5) is 0 Å². The molecule has 1 atom stereocenters. The van der Waals surface area contributed by atoms with Crippen molar-refractivity contribution < 1.29 is 9.53 Å². The third-order valence-corrected chi connectivity index (χ3v) is 4.26. The maximum absolute atomic E-state index is 10.9. The molecule has 1 aliphatic rings. The van der Waals surface area contributed by atoms with Gasteiger partial charge in [0.05, 0.1) is 6.04 Å². The van der Waals surface area contributed by atoms with Gasteiger partial charge in [-0.2, -0.15) is 0 Å². The summed E-state index contributed by atoms with van der Waals surface area (Å²) in [4.78, 5) is 12.4. The van der Waals surface area contributed by atoms with E-state index in [0.717, 1.165) is 13.0 Å². The van der Waals surface area contributed by atoms with E-state index in [1.807, 2.05) is 35.6 Å². The minimum absolute atomic E-state index is 0.251. The summed E-state index contributed by atoms with van der Waals surface area (Å²) in [5, 5.41) is 5.69. The molecule has 0 bridgehead atoms. The lowest BCUT2D eigenvalue weighted by molar-refractivity contribution is -0.131. The number of ether oxygens (including phenoxy) is 1. The summed E-state index contributed by atoms with van der Waals surface area (Å²) in [5.74, 6) is 0.307. The molecule has 3 nitrogen and oxygen atoms in total. The zero-order valence-corrected chi connectivity index (χ0v) is 11.5. The smallest absolute Gasteiger partial charge is 0.308 e. The fourth-order valence-corrected chi connectivity index (χ4v) is 3.36. The Labute approximate surface area is 116 Å². The highest BCUT2D eigenvalue weighted by Crippen LogP contribution is 2.32. The Morgan fingerprint density at radius 1 is 1.32 bits per heavy atom. The van der Waals surface area contributed by atoms with Gasteiger partial charge in [0.2, 0.25) is 0 Å². The molecule has 4 heteroatoms. The van der Waals surface area contributed by atoms with Gasteiger partial charge in [-0.05, 0) is 41.1 Å². The predicted molar refractivity (Wildman–Crippen MR) is 75.6 cm³/mol. The van der Waals surface area contributed by atoms with Gasteiger partial charge in [-0.15, -0.1) is 11.3 Å². The van der Waals surface area contributed by atoms with E-state index in [-0.39, 0.29) is 12.0 Å². The van der Waals surface area contributed by atoms with Crippen LogP contribution in [0.3, 0.4) is 0 Å². The van der Waals surface area contributed by atoms with Crippen molar-refractivity contribution >= 4 is 17.3 Å². The molecule has 2 heterocycles. The van der Waals surface area contributed by atoms with Crippen molar-refractivity contribution in [2.24, 2.45) is 0 Å². The maximum atomic E-state index is 10.9. The molecule has 0 amide bonds. The third-order valence-electron chi connectivity index (χ3n) is 3.27. The second-order valence-electron chi connectivity index (χ2n) is 4.60. The Bertz CT molecular complexity index is 588. The van der Waals surface area contributed by atoms with Gasteiger partial charge in [-0.1, -0.05) is 12.1 Å². The van der Waals surface area contributed by atoms with Crippen molar-refractivity contribution in [1.82, 2.24) is 5.32 Å². The van der Waals surface area contributed by atoms with Crippen LogP contribution >= 0.6 is 11.3 Å². The van der Waals surface area contributed by atoms with Crippen molar-refractivity contribution in [3.05, 3.63) is 51.7 Å². The molecule has 1 aliphatic heterocycles. The molecular formula is C15H15NO2S. The van der Waals surface area contributed by atoms with Crippen molar-refractivity contribution in [2.75, 3.05) is 6.54 Å². The summed E-state index contributed by atoms with van der Waals surface area (Å²) in [5.41, 5.74) is 2.58. The fourth-order valence-electron chi connectivity index (χ4n) is 2.44. The van der Waals surface area contributed by atoms with E-state index < -0.39 is 0 Å². The number of carbonyl (C=O) groups is 1. The van der Waals surface area contributed by atoms with E-state index >= 15 is 0 Å². The van der Waals surface area contributed by atoms with Crippen molar-refractivity contribution in [3.63, 3.8) is 0 Å². The average molecular weight is 273 g/mol. The molecule has 3 rings (SSSR count). The summed E-state index contributed by atoms with van der Waals surface area (Å²) in [6, 6.07) is 10.2. The van der Waals surface area contributed by atoms with E-state index in [0.29, 0.717) is 5.75 Å². The van der Waals surface area contributed by atoms with Gasteiger partial charge < -0.3 is 10.1 Å². The normalized spacial score (nSPS) is 17.8. The lowest BCUT2D eigenvalue weighted by Gasteiger charge is -2.24. The lowest BCUT2D eigenvalue weighted by atomic mass is 9.95. The quantitative estimate of drug-likeness (QED) is 0.675. The van der Waals surface area contributed by atoms with Gasteiger partial charge >= 0.3 is 5.97 Å². The van der Waals surface area contributed by atoms with Crippen LogP contribution in [0.25, 0.3) is 0 Å². The second-order valence-corrected chi connectivity index (χ2v) is 5.60. The van der Waals surface area contributed by atoms with Crippen LogP contribution in [-0.2, 0) is 11.2 Å². The van der Waals surface area contributed by atoms with Crippen LogP contribution in [-0.4, -0.2) is 12.5 Å². The van der Waals surface area contributed by atoms with Crippen LogP contribution in [0.15, 0.2) is 35.7 Å². The summed E-state index contributed by atoms with van der Waals surface area (Å²) in [6.07, 6.45) is 1.11. The number of nitrogens with one attached hydrogen (secondary N) is 1. The molecule has 0 spiro atoms. The minimum atomic E-state index is -0.288. The molecule has 0 aliphatic carbocycles. The summed E-state index contributed by atoms with van der Waals surface area (Å²) in [6.45, 7) is 2.41. The molecule has 1 unspecified atom stereocenters. The zero-order chi connectivity index (χ0) is 13.2. The van der Waals surface area contributed by atoms with E-state index in [4.69, 9.17) is 4.74 Å². The Morgan fingerprint density at radius 3 is 2.84 bits per heavy atom. The summed E-state index contributed by atoms with van der Waals surface area (Å²) < 4.78 is 5.05. The number of carbonyl (C=O) groups excluding carboxylic acids is 1. The molecule has 0 fully saturated rings. The number of hydrogen-bond acceptors (Lipinski definition) is 4. The third kappa shape index (κ3) is 2.55. The van der Waals surface area contributed by atoms with Gasteiger partial charge in [0.1, 0.15) is 5.75 Å². The summed E-state index contributed by atoms with van der Waals surface area (Å²) in [7, 11) is 0. The Kier molecular flexibility index (Phi) is 3.36. The van der Waals surface area contributed by atoms with Crippen molar-refractivity contribution in [1.29, 1.82) is 0 Å². The second kappa shape index (κ2) is 5.15. The Balaban J connectivity index is 1.86.